The fraction of sp³-hybridized carbons (Fsp3) is 0.500. The third kappa shape index (κ3) is 4.31. The van der Waals surface area contributed by atoms with E-state index < -0.39 is 0 Å². The molecule has 0 spiro atoms. The van der Waals surface area contributed by atoms with E-state index in [-0.39, 0.29) is 11.7 Å². The van der Waals surface area contributed by atoms with Gasteiger partial charge in [0.2, 0.25) is 5.95 Å². The average molecular weight is 370 g/mol. The Labute approximate surface area is 158 Å². The van der Waals surface area contributed by atoms with Crippen molar-refractivity contribution in [3.8, 4) is 5.75 Å². The molecule has 7 heteroatoms. The summed E-state index contributed by atoms with van der Waals surface area (Å²) in [5.41, 5.74) is 2.28. The maximum Gasteiger partial charge on any atom is 0.256 e. The Morgan fingerprint density at radius 2 is 2.11 bits per heavy atom. The van der Waals surface area contributed by atoms with Gasteiger partial charge in [-0.25, -0.2) is 4.98 Å². The lowest BCUT2D eigenvalue weighted by molar-refractivity contribution is 0.0825. The number of likely N-dealkylation sites (tertiary alicyclic amines) is 1. The minimum Gasteiger partial charge on any atom is -0.487 e. The van der Waals surface area contributed by atoms with Crippen LogP contribution in [0.25, 0.3) is 0 Å². The molecule has 4 rings (SSSR count). The standard InChI is InChI=1S/C20H26N4O3/c25-15-6-10-24(11-7-15)9-3-8-21-20-22-17-13-27-18-5-2-1-4-14(18)12-16(17)19(26)23-20/h1-2,4-5,15,25H,3,6-13H2,(H2,21,22,23,26). The van der Waals surface area contributed by atoms with Crippen LogP contribution in [0.15, 0.2) is 29.1 Å². The molecule has 3 heterocycles. The van der Waals surface area contributed by atoms with Crippen LogP contribution < -0.4 is 15.6 Å². The second-order valence-electron chi connectivity index (χ2n) is 7.27. The molecular weight excluding hydrogens is 344 g/mol. The zero-order valence-corrected chi connectivity index (χ0v) is 15.4. The minimum absolute atomic E-state index is 0.104. The normalized spacial score (nSPS) is 17.5. The molecule has 1 fully saturated rings. The van der Waals surface area contributed by atoms with Crippen LogP contribution in [0.2, 0.25) is 0 Å². The number of hydrogen-bond donors (Lipinski definition) is 3. The van der Waals surface area contributed by atoms with E-state index in [9.17, 15) is 9.90 Å². The van der Waals surface area contributed by atoms with Crippen LogP contribution >= 0.6 is 0 Å². The number of hydrogen-bond acceptors (Lipinski definition) is 6. The summed E-state index contributed by atoms with van der Waals surface area (Å²) in [5.74, 6) is 1.32. The molecule has 0 radical (unpaired) electrons. The van der Waals surface area contributed by atoms with E-state index in [4.69, 9.17) is 4.74 Å². The highest BCUT2D eigenvalue weighted by Gasteiger charge is 2.19. The molecule has 2 aliphatic rings. The number of nitrogens with one attached hydrogen (secondary N) is 2. The van der Waals surface area contributed by atoms with E-state index in [0.29, 0.717) is 30.2 Å². The lowest BCUT2D eigenvalue weighted by Crippen LogP contribution is -2.36. The first-order valence-electron chi connectivity index (χ1n) is 9.66. The number of para-hydroxylation sites is 1. The number of aromatic amines is 1. The minimum atomic E-state index is -0.137. The van der Waals surface area contributed by atoms with Crippen molar-refractivity contribution in [1.82, 2.24) is 14.9 Å². The summed E-state index contributed by atoms with van der Waals surface area (Å²) in [7, 11) is 0. The first-order chi connectivity index (χ1) is 13.2. The fourth-order valence-electron chi connectivity index (χ4n) is 3.71. The third-order valence-electron chi connectivity index (χ3n) is 5.31. The van der Waals surface area contributed by atoms with E-state index >= 15 is 0 Å². The summed E-state index contributed by atoms with van der Waals surface area (Å²) in [4.78, 5) is 22.3. The second kappa shape index (κ2) is 8.10. The van der Waals surface area contributed by atoms with Crippen LogP contribution in [0.5, 0.6) is 5.75 Å². The van der Waals surface area contributed by atoms with Crippen LogP contribution in [-0.2, 0) is 13.0 Å². The largest absolute Gasteiger partial charge is 0.487 e. The summed E-state index contributed by atoms with van der Waals surface area (Å²) in [6.07, 6.45) is 3.07. The average Bonchev–Trinajstić information content (AvgIpc) is 2.87. The second-order valence-corrected chi connectivity index (χ2v) is 7.27. The number of fused-ring (bicyclic) bond motifs is 2. The Morgan fingerprint density at radius 1 is 1.30 bits per heavy atom. The van der Waals surface area contributed by atoms with Crippen LogP contribution in [0.4, 0.5) is 5.95 Å². The first-order valence-corrected chi connectivity index (χ1v) is 9.66. The van der Waals surface area contributed by atoms with Gasteiger partial charge in [-0.3, -0.25) is 9.78 Å². The zero-order valence-electron chi connectivity index (χ0n) is 15.4. The summed E-state index contributed by atoms with van der Waals surface area (Å²) in [6.45, 7) is 3.93. The molecule has 27 heavy (non-hydrogen) atoms. The van der Waals surface area contributed by atoms with Crippen LogP contribution in [0.3, 0.4) is 0 Å². The number of nitrogens with zero attached hydrogens (tertiary/aromatic N) is 2. The van der Waals surface area contributed by atoms with Gasteiger partial charge in [0, 0.05) is 31.6 Å². The summed E-state index contributed by atoms with van der Waals surface area (Å²) < 4.78 is 5.83. The molecule has 1 saturated heterocycles. The van der Waals surface area contributed by atoms with Gasteiger partial charge in [0.05, 0.1) is 11.8 Å². The highest BCUT2D eigenvalue weighted by molar-refractivity contribution is 5.41. The molecule has 3 N–H and O–H groups in total. The molecule has 0 bridgehead atoms. The SMILES string of the molecule is O=c1[nH]c(NCCCN2CCC(O)CC2)nc2c1Cc1ccccc1OC2. The molecule has 0 unspecified atom stereocenters. The number of H-pyrrole nitrogens is 1. The number of ether oxygens (including phenoxy) is 1. The van der Waals surface area contributed by atoms with Crippen LogP contribution in [-0.4, -0.2) is 52.3 Å². The monoisotopic (exact) mass is 370 g/mol. The molecule has 1 aromatic heterocycles. The van der Waals surface area contributed by atoms with Gasteiger partial charge in [0.25, 0.3) is 5.56 Å². The van der Waals surface area contributed by atoms with E-state index in [1.807, 2.05) is 24.3 Å². The molecule has 2 aromatic rings. The lowest BCUT2D eigenvalue weighted by Gasteiger charge is -2.29. The van der Waals surface area contributed by atoms with Crippen molar-refractivity contribution < 1.29 is 9.84 Å². The first kappa shape index (κ1) is 18.0. The predicted molar refractivity (Wildman–Crippen MR) is 103 cm³/mol. The number of rotatable bonds is 5. The van der Waals surface area contributed by atoms with Gasteiger partial charge < -0.3 is 20.1 Å². The van der Waals surface area contributed by atoms with Crippen molar-refractivity contribution in [3.63, 3.8) is 0 Å². The number of piperidine rings is 1. The maximum atomic E-state index is 12.5. The summed E-state index contributed by atoms with van der Waals surface area (Å²) >= 11 is 0. The maximum absolute atomic E-state index is 12.5. The van der Waals surface area contributed by atoms with Gasteiger partial charge in [-0.05, 0) is 37.4 Å². The molecular formula is C20H26N4O3. The van der Waals surface area contributed by atoms with Crippen molar-refractivity contribution in [3.05, 3.63) is 51.4 Å². The van der Waals surface area contributed by atoms with Crippen molar-refractivity contribution in [2.24, 2.45) is 0 Å². The van der Waals surface area contributed by atoms with E-state index in [1.165, 1.54) is 0 Å². The van der Waals surface area contributed by atoms with E-state index in [0.717, 1.165) is 56.8 Å². The number of aromatic nitrogens is 2. The van der Waals surface area contributed by atoms with Gasteiger partial charge in [0.1, 0.15) is 12.4 Å². The lowest BCUT2D eigenvalue weighted by atomic mass is 10.1. The molecule has 0 aliphatic carbocycles. The molecule has 144 valence electrons. The Hall–Kier alpha value is -2.38. The predicted octanol–water partition coefficient (Wildman–Crippen LogP) is 1.51. The topological polar surface area (TPSA) is 90.5 Å². The molecule has 7 nitrogen and oxygen atoms in total. The Balaban J connectivity index is 1.35. The van der Waals surface area contributed by atoms with Gasteiger partial charge in [-0.15, -0.1) is 0 Å². The summed E-state index contributed by atoms with van der Waals surface area (Å²) in [6, 6.07) is 7.79. The van der Waals surface area contributed by atoms with E-state index in [2.05, 4.69) is 20.2 Å². The molecule has 0 amide bonds. The van der Waals surface area contributed by atoms with Crippen molar-refractivity contribution in [2.45, 2.75) is 38.4 Å². The van der Waals surface area contributed by atoms with Gasteiger partial charge in [-0.1, -0.05) is 18.2 Å². The van der Waals surface area contributed by atoms with Crippen molar-refractivity contribution >= 4 is 5.95 Å². The van der Waals surface area contributed by atoms with Gasteiger partial charge >= 0.3 is 0 Å². The Morgan fingerprint density at radius 3 is 2.96 bits per heavy atom. The molecule has 1 aromatic carbocycles. The number of aliphatic hydroxyl groups excluding tert-OH is 1. The number of aliphatic hydroxyl groups is 1. The van der Waals surface area contributed by atoms with Gasteiger partial charge in [-0.2, -0.15) is 0 Å². The molecule has 0 saturated carbocycles. The number of anilines is 1. The van der Waals surface area contributed by atoms with Crippen LogP contribution in [0, 0.1) is 0 Å². The highest BCUT2D eigenvalue weighted by Crippen LogP contribution is 2.26. The van der Waals surface area contributed by atoms with Gasteiger partial charge in [0.15, 0.2) is 0 Å². The van der Waals surface area contributed by atoms with Crippen molar-refractivity contribution in [1.29, 1.82) is 0 Å². The summed E-state index contributed by atoms with van der Waals surface area (Å²) in [5, 5.41) is 12.8. The third-order valence-corrected chi connectivity index (χ3v) is 5.31. The van der Waals surface area contributed by atoms with Crippen LogP contribution in [0.1, 0.15) is 36.1 Å². The van der Waals surface area contributed by atoms with Crippen molar-refractivity contribution in [2.75, 3.05) is 31.5 Å². The molecule has 0 atom stereocenters. The molecule has 2 aliphatic heterocycles. The highest BCUT2D eigenvalue weighted by atomic mass is 16.5. The quantitative estimate of drug-likeness (QED) is 0.691. The Kier molecular flexibility index (Phi) is 5.40. The smallest absolute Gasteiger partial charge is 0.256 e. The Bertz CT molecular complexity index is 843. The fourth-order valence-corrected chi connectivity index (χ4v) is 3.71. The van der Waals surface area contributed by atoms with E-state index in [1.54, 1.807) is 0 Å². The number of benzene rings is 1. The zero-order chi connectivity index (χ0) is 18.6.